The molecule has 0 spiro atoms. The maximum Gasteiger partial charge on any atom is 0.475 e. The van der Waals surface area contributed by atoms with Crippen LogP contribution in [0.25, 0.3) is 0 Å². The van der Waals surface area contributed by atoms with E-state index in [9.17, 15) is 14.8 Å². The molecule has 4 saturated carbocycles. The predicted octanol–water partition coefficient (Wildman–Crippen LogP) is 7.60. The number of aliphatic hydroxyl groups excluding tert-OH is 2. The fraction of sp³-hybridized carbons (Fsp3) is 0.844. The molecule has 2 heterocycles. The minimum absolute atomic E-state index is 0.187. The number of hydrogen-bond donors (Lipinski definition) is 2. The Morgan fingerprint density at radius 3 is 2.66 bits per heavy atom. The number of aromatic nitrogens is 1. The topological polar surface area (TPSA) is 98.1 Å². The molecule has 0 amide bonds. The minimum atomic E-state index is -3.66. The molecule has 6 rings (SSSR count). The Bertz CT molecular complexity index is 1150. The molecule has 1 aromatic rings. The number of hydrogen-bond acceptors (Lipinski definition) is 7. The van der Waals surface area contributed by atoms with Crippen LogP contribution >= 0.6 is 19.4 Å². The van der Waals surface area contributed by atoms with Gasteiger partial charge in [-0.3, -0.25) is 13.6 Å². The third-order valence-electron chi connectivity index (χ3n) is 12.7. The van der Waals surface area contributed by atoms with Gasteiger partial charge in [0.1, 0.15) is 5.15 Å². The van der Waals surface area contributed by atoms with Crippen LogP contribution in [0.5, 0.6) is 0 Å². The van der Waals surface area contributed by atoms with E-state index >= 15 is 0 Å². The summed E-state index contributed by atoms with van der Waals surface area (Å²) < 4.78 is 30.5. The van der Waals surface area contributed by atoms with Crippen molar-refractivity contribution in [2.24, 2.45) is 52.3 Å². The van der Waals surface area contributed by atoms with Gasteiger partial charge in [0.05, 0.1) is 31.5 Å². The molecular weight excluding hydrogens is 561 g/mol. The lowest BCUT2D eigenvalue weighted by atomic mass is 9.42. The summed E-state index contributed by atoms with van der Waals surface area (Å²) in [5.41, 5.74) is 1.23. The van der Waals surface area contributed by atoms with Gasteiger partial charge in [-0.25, -0.2) is 9.55 Å². The van der Waals surface area contributed by atoms with Crippen molar-refractivity contribution in [3.8, 4) is 0 Å². The molecule has 9 heteroatoms. The predicted molar refractivity (Wildman–Crippen MR) is 158 cm³/mol. The number of pyridine rings is 1. The second-order valence-electron chi connectivity index (χ2n) is 14.6. The number of phosphoric acid groups is 1. The molecule has 2 N–H and O–H groups in total. The molecular formula is C32H49ClNO6P. The van der Waals surface area contributed by atoms with Crippen LogP contribution in [0.1, 0.15) is 97.1 Å². The highest BCUT2D eigenvalue weighted by molar-refractivity contribution is 7.48. The van der Waals surface area contributed by atoms with E-state index in [1.807, 2.05) is 6.07 Å². The molecule has 1 saturated heterocycles. The number of rotatable bonds is 6. The van der Waals surface area contributed by atoms with Gasteiger partial charge in [0.25, 0.3) is 0 Å². The molecule has 230 valence electrons. The molecule has 4 aliphatic carbocycles. The third kappa shape index (κ3) is 5.38. The van der Waals surface area contributed by atoms with Gasteiger partial charge < -0.3 is 10.2 Å². The van der Waals surface area contributed by atoms with Crippen LogP contribution in [0.15, 0.2) is 18.3 Å². The number of halogens is 1. The van der Waals surface area contributed by atoms with E-state index in [4.69, 9.17) is 25.2 Å². The molecule has 1 aromatic heterocycles. The Kier molecular flexibility index (Phi) is 8.51. The summed E-state index contributed by atoms with van der Waals surface area (Å²) in [4.78, 5) is 4.02. The van der Waals surface area contributed by atoms with Crippen molar-refractivity contribution >= 4 is 19.4 Å². The van der Waals surface area contributed by atoms with Crippen LogP contribution in [-0.4, -0.2) is 40.6 Å². The Hall–Kier alpha value is -0.530. The van der Waals surface area contributed by atoms with Crippen LogP contribution in [0.2, 0.25) is 5.15 Å². The summed E-state index contributed by atoms with van der Waals surface area (Å²) >= 11 is 6.05. The average Bonchev–Trinajstić information content (AvgIpc) is 3.29. The van der Waals surface area contributed by atoms with Gasteiger partial charge in [-0.1, -0.05) is 39.3 Å². The van der Waals surface area contributed by atoms with Crippen molar-refractivity contribution in [1.29, 1.82) is 0 Å². The maximum atomic E-state index is 13.3. The minimum Gasteiger partial charge on any atom is -0.393 e. The lowest BCUT2D eigenvalue weighted by Gasteiger charge is -2.64. The maximum absolute atomic E-state index is 13.3. The zero-order chi connectivity index (χ0) is 29.2. The lowest BCUT2D eigenvalue weighted by Crippen LogP contribution is -2.61. The summed E-state index contributed by atoms with van der Waals surface area (Å²) in [7, 11) is -3.66. The monoisotopic (exact) mass is 609 g/mol. The van der Waals surface area contributed by atoms with E-state index in [0.717, 1.165) is 31.2 Å². The Balaban J connectivity index is 1.09. The summed E-state index contributed by atoms with van der Waals surface area (Å²) in [5.74, 6) is 2.97. The molecule has 5 fully saturated rings. The smallest absolute Gasteiger partial charge is 0.393 e. The number of nitrogens with zero attached hydrogens (tertiary/aromatic N) is 1. The van der Waals surface area contributed by atoms with Crippen LogP contribution < -0.4 is 0 Å². The quantitative estimate of drug-likeness (QED) is 0.253. The van der Waals surface area contributed by atoms with Gasteiger partial charge in [0.15, 0.2) is 0 Å². The highest BCUT2D eigenvalue weighted by Crippen LogP contribution is 2.69. The van der Waals surface area contributed by atoms with E-state index in [1.54, 1.807) is 12.3 Å². The van der Waals surface area contributed by atoms with Crippen molar-refractivity contribution in [2.45, 2.75) is 104 Å². The summed E-state index contributed by atoms with van der Waals surface area (Å²) in [6.07, 6.45) is 9.62. The van der Waals surface area contributed by atoms with Crippen molar-refractivity contribution in [2.75, 3.05) is 13.2 Å². The van der Waals surface area contributed by atoms with Gasteiger partial charge in [0.2, 0.25) is 0 Å². The Labute approximate surface area is 250 Å². The molecule has 4 unspecified atom stereocenters. The van der Waals surface area contributed by atoms with Gasteiger partial charge in [-0.15, -0.1) is 0 Å². The lowest BCUT2D eigenvalue weighted by molar-refractivity contribution is -0.199. The first kappa shape index (κ1) is 30.5. The van der Waals surface area contributed by atoms with Crippen LogP contribution in [-0.2, 0) is 18.1 Å². The molecule has 1 aliphatic heterocycles. The SMILES string of the molecule is C[C@H](CCO[P@@]1(=O)OCC[C@@H](c2ccnc(Cl)c2)O1)[C@H]1CCC2C3C(CC[C@@]21C)[C@@]1(C)CC[C@@H](O)CC1[C@@H](C)[C@H]3O. The average molecular weight is 610 g/mol. The van der Waals surface area contributed by atoms with Crippen LogP contribution in [0.4, 0.5) is 0 Å². The largest absolute Gasteiger partial charge is 0.475 e. The van der Waals surface area contributed by atoms with E-state index in [-0.39, 0.29) is 29.0 Å². The summed E-state index contributed by atoms with van der Waals surface area (Å²) in [6, 6.07) is 3.56. The van der Waals surface area contributed by atoms with E-state index < -0.39 is 13.9 Å². The second kappa shape index (κ2) is 11.4. The number of aliphatic hydroxyl groups is 2. The summed E-state index contributed by atoms with van der Waals surface area (Å²) in [5, 5.41) is 22.6. The number of phosphoric ester groups is 1. The third-order valence-corrected chi connectivity index (χ3v) is 14.4. The molecule has 0 radical (unpaired) electrons. The van der Waals surface area contributed by atoms with Gasteiger partial charge in [0, 0.05) is 12.6 Å². The molecule has 0 bridgehead atoms. The molecule has 41 heavy (non-hydrogen) atoms. The van der Waals surface area contributed by atoms with Gasteiger partial charge in [-0.05, 0) is 121 Å². The molecule has 7 nitrogen and oxygen atoms in total. The van der Waals surface area contributed by atoms with Gasteiger partial charge in [-0.2, -0.15) is 0 Å². The van der Waals surface area contributed by atoms with E-state index in [0.29, 0.717) is 60.3 Å². The molecule has 5 aliphatic rings. The molecule has 0 aromatic carbocycles. The van der Waals surface area contributed by atoms with Crippen molar-refractivity contribution in [3.63, 3.8) is 0 Å². The zero-order valence-electron chi connectivity index (χ0n) is 25.1. The fourth-order valence-electron chi connectivity index (χ4n) is 10.6. The van der Waals surface area contributed by atoms with Crippen molar-refractivity contribution in [3.05, 3.63) is 29.0 Å². The first-order chi connectivity index (χ1) is 19.4. The first-order valence-corrected chi connectivity index (χ1v) is 17.8. The highest BCUT2D eigenvalue weighted by Gasteiger charge is 2.64. The first-order valence-electron chi connectivity index (χ1n) is 16.0. The van der Waals surface area contributed by atoms with E-state index in [2.05, 4.69) is 32.7 Å². The normalized spacial score (nSPS) is 48.6. The zero-order valence-corrected chi connectivity index (χ0v) is 26.7. The van der Waals surface area contributed by atoms with E-state index in [1.165, 1.54) is 25.7 Å². The molecule has 13 atom stereocenters. The summed E-state index contributed by atoms with van der Waals surface area (Å²) in [6.45, 7) is 10.2. The van der Waals surface area contributed by atoms with Crippen molar-refractivity contribution < 1.29 is 28.3 Å². The highest BCUT2D eigenvalue weighted by atomic mass is 35.5. The Morgan fingerprint density at radius 2 is 1.88 bits per heavy atom. The van der Waals surface area contributed by atoms with Gasteiger partial charge >= 0.3 is 7.82 Å². The van der Waals surface area contributed by atoms with Crippen LogP contribution in [0, 0.1) is 52.3 Å². The number of fused-ring (bicyclic) bond motifs is 5. The standard InChI is InChI=1S/C32H49ClNO6P/c1-19(10-15-38-41(37)39-16-11-27(40-41)21-9-14-34-28(33)17-21)23-5-6-24-29-25(8-13-31(23,24)3)32(4)12-7-22(35)18-26(32)20(2)30(29)36/h9,14,17,19-20,22-27,29-30,35-36H,5-8,10-13,15-16,18H2,1-4H3/t19-,20-,22-,23-,24?,25?,26?,27+,29?,30-,31-,32-,41+/m1/s1. The fourth-order valence-corrected chi connectivity index (χ4v) is 12.2. The van der Waals surface area contributed by atoms with Crippen LogP contribution in [0.3, 0.4) is 0 Å². The Morgan fingerprint density at radius 1 is 1.12 bits per heavy atom. The van der Waals surface area contributed by atoms with Crippen molar-refractivity contribution in [1.82, 2.24) is 4.98 Å². The second-order valence-corrected chi connectivity index (χ2v) is 16.6.